The summed E-state index contributed by atoms with van der Waals surface area (Å²) in [6.07, 6.45) is -0.510. The van der Waals surface area contributed by atoms with Gasteiger partial charge in [0.05, 0.1) is 23.4 Å². The van der Waals surface area contributed by atoms with Crippen LogP contribution >= 0.6 is 0 Å². The van der Waals surface area contributed by atoms with Crippen molar-refractivity contribution in [3.63, 3.8) is 0 Å². The molecule has 0 aliphatic heterocycles. The van der Waals surface area contributed by atoms with Gasteiger partial charge in [0.1, 0.15) is 0 Å². The van der Waals surface area contributed by atoms with E-state index in [1.165, 1.54) is 7.11 Å². The lowest BCUT2D eigenvalue weighted by molar-refractivity contribution is -0.395. The Morgan fingerprint density at radius 3 is 1.59 bits per heavy atom. The molecule has 0 aliphatic carbocycles. The van der Waals surface area contributed by atoms with Gasteiger partial charge in [-0.25, -0.2) is 0 Å². The molecule has 0 aromatic rings. The van der Waals surface area contributed by atoms with Crippen molar-refractivity contribution in [3.8, 4) is 0 Å². The van der Waals surface area contributed by atoms with Crippen molar-refractivity contribution in [2.24, 2.45) is 17.3 Å². The van der Waals surface area contributed by atoms with Crippen LogP contribution in [0.5, 0.6) is 0 Å². The van der Waals surface area contributed by atoms with Crippen LogP contribution in [0.1, 0.15) is 54.9 Å². The Balaban J connectivity index is 5.79. The van der Waals surface area contributed by atoms with Crippen molar-refractivity contribution in [2.45, 2.75) is 67.0 Å². The van der Waals surface area contributed by atoms with Gasteiger partial charge in [-0.05, 0) is 20.3 Å². The van der Waals surface area contributed by atoms with E-state index in [0.717, 1.165) is 0 Å². The van der Waals surface area contributed by atoms with Crippen molar-refractivity contribution >= 4 is 11.9 Å². The minimum absolute atomic E-state index is 0.385. The van der Waals surface area contributed by atoms with E-state index < -0.39 is 41.3 Å². The zero-order valence-corrected chi connectivity index (χ0v) is 14.9. The Labute approximate surface area is 133 Å². The van der Waals surface area contributed by atoms with Crippen molar-refractivity contribution in [1.82, 2.24) is 0 Å². The van der Waals surface area contributed by atoms with E-state index in [4.69, 9.17) is 14.2 Å². The van der Waals surface area contributed by atoms with Gasteiger partial charge in [-0.2, -0.15) is 0 Å². The summed E-state index contributed by atoms with van der Waals surface area (Å²) in [4.78, 5) is 24.1. The van der Waals surface area contributed by atoms with E-state index in [0.29, 0.717) is 6.42 Å². The third-order valence-electron chi connectivity index (χ3n) is 3.69. The van der Waals surface area contributed by atoms with Gasteiger partial charge in [0, 0.05) is 7.11 Å². The lowest BCUT2D eigenvalue weighted by atomic mass is 9.81. The molecule has 0 amide bonds. The fraction of sp³-hybridized carbons (Fsp3) is 0.875. The maximum atomic E-state index is 12.1. The van der Waals surface area contributed by atoms with Crippen LogP contribution in [0.15, 0.2) is 0 Å². The Morgan fingerprint density at radius 1 is 1.00 bits per heavy atom. The highest BCUT2D eigenvalue weighted by atomic mass is 16.9. The minimum Gasteiger partial charge on any atom is -0.397 e. The summed E-state index contributed by atoms with van der Waals surface area (Å²) in [5.74, 6) is -3.99. The number of aliphatic hydroxyl groups excluding tert-OH is 1. The summed E-state index contributed by atoms with van der Waals surface area (Å²) < 4.78 is 16.1. The third kappa shape index (κ3) is 4.43. The predicted octanol–water partition coefficient (Wildman–Crippen LogP) is 2.48. The summed E-state index contributed by atoms with van der Waals surface area (Å²) >= 11 is 0. The molecule has 1 N–H and O–H groups in total. The quantitative estimate of drug-likeness (QED) is 0.547. The normalized spacial score (nSPS) is 14.1. The van der Waals surface area contributed by atoms with Gasteiger partial charge >= 0.3 is 17.9 Å². The van der Waals surface area contributed by atoms with Crippen LogP contribution in [-0.2, 0) is 23.8 Å². The predicted molar refractivity (Wildman–Crippen MR) is 81.7 cm³/mol. The van der Waals surface area contributed by atoms with Crippen molar-refractivity contribution in [2.75, 3.05) is 7.11 Å². The summed E-state index contributed by atoms with van der Waals surface area (Å²) in [6.45, 7) is 11.7. The van der Waals surface area contributed by atoms with Gasteiger partial charge in [0.15, 0.2) is 0 Å². The minimum atomic E-state index is -1.98. The third-order valence-corrected chi connectivity index (χ3v) is 3.69. The van der Waals surface area contributed by atoms with Crippen LogP contribution in [0.3, 0.4) is 0 Å². The molecule has 0 aliphatic rings. The van der Waals surface area contributed by atoms with Gasteiger partial charge in [-0.15, -0.1) is 0 Å². The van der Waals surface area contributed by atoms with Gasteiger partial charge in [0.2, 0.25) is 0 Å². The van der Waals surface area contributed by atoms with E-state index in [1.807, 2.05) is 0 Å². The molecule has 0 radical (unpaired) electrons. The molecule has 0 aromatic heterocycles. The molecule has 0 rings (SSSR count). The number of aliphatic hydroxyl groups is 1. The molecule has 0 bridgehead atoms. The molecule has 0 spiro atoms. The molecule has 6 heteroatoms. The number of methoxy groups -OCH3 is 1. The molecule has 130 valence electrons. The van der Waals surface area contributed by atoms with Gasteiger partial charge < -0.3 is 19.3 Å². The SMILES string of the molecule is CCC(O)C(C)(C)C(OC)(OC(=O)C(C)C)OC(=O)C(C)C. The molecule has 0 heterocycles. The van der Waals surface area contributed by atoms with Gasteiger partial charge in [-0.3, -0.25) is 9.59 Å². The molecule has 0 saturated heterocycles. The van der Waals surface area contributed by atoms with Crippen LogP contribution in [0, 0.1) is 17.3 Å². The highest BCUT2D eigenvalue weighted by Gasteiger charge is 2.57. The Bertz CT molecular complexity index is 364. The van der Waals surface area contributed by atoms with Crippen molar-refractivity contribution in [1.29, 1.82) is 0 Å². The van der Waals surface area contributed by atoms with E-state index in [9.17, 15) is 14.7 Å². The molecule has 1 atom stereocenters. The Kier molecular flexibility index (Phi) is 7.51. The number of carbonyl (C=O) groups is 2. The first-order valence-corrected chi connectivity index (χ1v) is 7.64. The smallest absolute Gasteiger partial charge is 0.383 e. The first-order chi connectivity index (χ1) is 9.95. The number of esters is 2. The molecule has 0 saturated carbocycles. The molecule has 22 heavy (non-hydrogen) atoms. The fourth-order valence-electron chi connectivity index (χ4n) is 1.85. The van der Waals surface area contributed by atoms with Crippen LogP contribution in [-0.4, -0.2) is 36.2 Å². The Hall–Kier alpha value is -1.14. The Morgan fingerprint density at radius 2 is 1.36 bits per heavy atom. The lowest BCUT2D eigenvalue weighted by Crippen LogP contribution is -2.58. The van der Waals surface area contributed by atoms with Gasteiger partial charge in [0.25, 0.3) is 0 Å². The lowest BCUT2D eigenvalue weighted by Gasteiger charge is -2.44. The highest BCUT2D eigenvalue weighted by molar-refractivity contribution is 5.74. The summed E-state index contributed by atoms with van der Waals surface area (Å²) in [6, 6.07) is 0. The zero-order valence-electron chi connectivity index (χ0n) is 14.9. The van der Waals surface area contributed by atoms with Gasteiger partial charge in [-0.1, -0.05) is 34.6 Å². The average molecular weight is 318 g/mol. The number of ether oxygens (including phenoxy) is 3. The summed E-state index contributed by atoms with van der Waals surface area (Å²) in [5.41, 5.74) is -1.15. The fourth-order valence-corrected chi connectivity index (χ4v) is 1.85. The van der Waals surface area contributed by atoms with Crippen molar-refractivity contribution in [3.05, 3.63) is 0 Å². The maximum absolute atomic E-state index is 12.1. The second kappa shape index (κ2) is 7.92. The van der Waals surface area contributed by atoms with Crippen LogP contribution in [0.2, 0.25) is 0 Å². The second-order valence-electron chi connectivity index (χ2n) is 6.56. The number of hydrogen-bond donors (Lipinski definition) is 1. The molecule has 0 fully saturated rings. The van der Waals surface area contributed by atoms with E-state index >= 15 is 0 Å². The first-order valence-electron chi connectivity index (χ1n) is 7.64. The average Bonchev–Trinajstić information content (AvgIpc) is 2.44. The molecule has 0 aromatic carbocycles. The number of rotatable bonds is 8. The van der Waals surface area contributed by atoms with Crippen LogP contribution < -0.4 is 0 Å². The number of carbonyl (C=O) groups excluding carboxylic acids is 2. The van der Waals surface area contributed by atoms with E-state index in [1.54, 1.807) is 48.5 Å². The number of hydrogen-bond acceptors (Lipinski definition) is 6. The summed E-state index contributed by atoms with van der Waals surface area (Å²) in [7, 11) is 1.28. The maximum Gasteiger partial charge on any atom is 0.383 e. The molecule has 6 nitrogen and oxygen atoms in total. The van der Waals surface area contributed by atoms with Crippen LogP contribution in [0.25, 0.3) is 0 Å². The standard InChI is InChI=1S/C16H30O6/c1-9-12(17)15(6,7)16(20-8,21-13(18)10(2)3)22-14(19)11(4)5/h10-12,17H,9H2,1-8H3. The van der Waals surface area contributed by atoms with Crippen LogP contribution in [0.4, 0.5) is 0 Å². The second-order valence-corrected chi connectivity index (χ2v) is 6.56. The first kappa shape index (κ1) is 20.9. The van der Waals surface area contributed by atoms with E-state index in [-0.39, 0.29) is 0 Å². The molecular weight excluding hydrogens is 288 g/mol. The largest absolute Gasteiger partial charge is 0.397 e. The molecule has 1 unspecified atom stereocenters. The highest BCUT2D eigenvalue weighted by Crippen LogP contribution is 2.41. The van der Waals surface area contributed by atoms with E-state index in [2.05, 4.69) is 0 Å². The summed E-state index contributed by atoms with van der Waals surface area (Å²) in [5, 5.41) is 10.3. The monoisotopic (exact) mass is 318 g/mol. The zero-order chi connectivity index (χ0) is 17.7. The molecular formula is C16H30O6. The topological polar surface area (TPSA) is 82.1 Å². The van der Waals surface area contributed by atoms with Crippen molar-refractivity contribution < 1.29 is 28.9 Å².